The van der Waals surface area contributed by atoms with Crippen molar-refractivity contribution in [2.24, 2.45) is 0 Å². The molecule has 1 heterocycles. The van der Waals surface area contributed by atoms with E-state index in [1.165, 1.54) is 6.08 Å². The molecule has 116 valence electrons. The molecule has 22 heavy (non-hydrogen) atoms. The molecule has 1 aromatic heterocycles. The van der Waals surface area contributed by atoms with Gasteiger partial charge in [0.1, 0.15) is 0 Å². The number of hydrogen-bond acceptors (Lipinski definition) is 6. The number of halogens is 1. The topological polar surface area (TPSA) is 101 Å². The van der Waals surface area contributed by atoms with E-state index in [0.29, 0.717) is 5.02 Å². The van der Waals surface area contributed by atoms with E-state index in [2.05, 4.69) is 20.2 Å². The van der Waals surface area contributed by atoms with Crippen LogP contribution in [0.3, 0.4) is 0 Å². The highest BCUT2D eigenvalue weighted by atomic mass is 35.5. The molecule has 0 aliphatic carbocycles. The Labute approximate surface area is 136 Å². The van der Waals surface area contributed by atoms with Crippen LogP contribution in [-0.2, 0) is 14.8 Å². The molecule has 2 N–H and O–H groups in total. The first-order valence-electron chi connectivity index (χ1n) is 5.88. The smallest absolute Gasteiger partial charge is 0.250 e. The largest absolute Gasteiger partial charge is 0.297 e. The lowest BCUT2D eigenvalue weighted by molar-refractivity contribution is -0.111. The van der Waals surface area contributed by atoms with E-state index in [1.54, 1.807) is 30.3 Å². The van der Waals surface area contributed by atoms with Gasteiger partial charge in [0.25, 0.3) is 0 Å². The fourth-order valence-corrected chi connectivity index (χ4v) is 2.97. The molecule has 1 amide bonds. The van der Waals surface area contributed by atoms with Crippen LogP contribution in [0.5, 0.6) is 0 Å². The van der Waals surface area contributed by atoms with E-state index in [1.807, 2.05) is 0 Å². The Morgan fingerprint density at radius 3 is 2.50 bits per heavy atom. The Morgan fingerprint density at radius 1 is 1.23 bits per heavy atom. The van der Waals surface area contributed by atoms with Gasteiger partial charge in [0.2, 0.25) is 26.2 Å². The molecule has 0 saturated carbocycles. The van der Waals surface area contributed by atoms with Crippen LogP contribution in [0.15, 0.2) is 30.3 Å². The molecule has 0 saturated heterocycles. The number of rotatable bonds is 5. The van der Waals surface area contributed by atoms with Crippen molar-refractivity contribution < 1.29 is 13.2 Å². The molecule has 7 nitrogen and oxygen atoms in total. The predicted octanol–water partition coefficient (Wildman–Crippen LogP) is 2.21. The highest BCUT2D eigenvalue weighted by Gasteiger charge is 2.09. The Bertz CT molecular complexity index is 800. The van der Waals surface area contributed by atoms with Gasteiger partial charge >= 0.3 is 0 Å². The fraction of sp³-hybridized carbons (Fsp3) is 0.0833. The minimum atomic E-state index is -3.42. The number of sulfonamides is 1. The summed E-state index contributed by atoms with van der Waals surface area (Å²) in [7, 11) is -3.42. The minimum Gasteiger partial charge on any atom is -0.297 e. The normalized spacial score (nSPS) is 11.5. The Balaban J connectivity index is 1.96. The highest BCUT2D eigenvalue weighted by molar-refractivity contribution is 7.92. The van der Waals surface area contributed by atoms with Crippen LogP contribution in [0.2, 0.25) is 5.02 Å². The number of aromatic nitrogens is 2. The number of benzene rings is 1. The molecule has 0 fully saturated rings. The second-order valence-corrected chi connectivity index (χ2v) is 7.32. The van der Waals surface area contributed by atoms with Crippen LogP contribution in [-0.4, -0.2) is 30.8 Å². The van der Waals surface area contributed by atoms with E-state index in [-0.39, 0.29) is 10.3 Å². The molecule has 0 bridgehead atoms. The second-order valence-electron chi connectivity index (χ2n) is 4.16. The van der Waals surface area contributed by atoms with Crippen molar-refractivity contribution >= 4 is 55.2 Å². The fourth-order valence-electron chi connectivity index (χ4n) is 1.37. The van der Waals surface area contributed by atoms with Crippen LogP contribution in [0.1, 0.15) is 5.56 Å². The van der Waals surface area contributed by atoms with Crippen molar-refractivity contribution in [3.05, 3.63) is 40.9 Å². The molecule has 0 atom stereocenters. The third-order valence-corrected chi connectivity index (χ3v) is 3.92. The van der Waals surface area contributed by atoms with Crippen molar-refractivity contribution in [3.63, 3.8) is 0 Å². The van der Waals surface area contributed by atoms with Gasteiger partial charge in [-0.05, 0) is 23.8 Å². The lowest BCUT2D eigenvalue weighted by Gasteiger charge is -1.96. The summed E-state index contributed by atoms with van der Waals surface area (Å²) in [6.45, 7) is 0. The Kier molecular flexibility index (Phi) is 5.11. The highest BCUT2D eigenvalue weighted by Crippen LogP contribution is 2.20. The third kappa shape index (κ3) is 5.43. The summed E-state index contributed by atoms with van der Waals surface area (Å²) in [6.07, 6.45) is 3.94. The SMILES string of the molecule is CS(=O)(=O)Nc1nnc(NC(=O)C=Cc2ccc(Cl)cc2)s1. The average Bonchev–Trinajstić information content (AvgIpc) is 2.83. The summed E-state index contributed by atoms with van der Waals surface area (Å²) >= 11 is 6.68. The lowest BCUT2D eigenvalue weighted by atomic mass is 10.2. The summed E-state index contributed by atoms with van der Waals surface area (Å²) in [5.74, 6) is -0.406. The zero-order chi connectivity index (χ0) is 16.2. The monoisotopic (exact) mass is 358 g/mol. The standard InChI is InChI=1S/C12H11ClN4O3S2/c1-22(19,20)17-12-16-15-11(21-12)14-10(18)7-4-8-2-5-9(13)6-3-8/h2-7H,1H3,(H,16,17)(H,14,15,18). The summed E-state index contributed by atoms with van der Waals surface area (Å²) in [5, 5.41) is 10.6. The molecular formula is C12H11ClN4O3S2. The summed E-state index contributed by atoms with van der Waals surface area (Å²) in [6, 6.07) is 6.97. The quantitative estimate of drug-likeness (QED) is 0.798. The lowest BCUT2D eigenvalue weighted by Crippen LogP contribution is -2.09. The average molecular weight is 359 g/mol. The number of hydrogen-bond donors (Lipinski definition) is 2. The Morgan fingerprint density at radius 2 is 1.86 bits per heavy atom. The first kappa shape index (κ1) is 16.4. The second kappa shape index (κ2) is 6.86. The van der Waals surface area contributed by atoms with Crippen molar-refractivity contribution in [1.82, 2.24) is 10.2 Å². The van der Waals surface area contributed by atoms with Gasteiger partial charge in [-0.25, -0.2) is 8.42 Å². The number of amides is 1. The summed E-state index contributed by atoms with van der Waals surface area (Å²) < 4.78 is 24.2. The molecule has 2 aromatic rings. The van der Waals surface area contributed by atoms with Crippen LogP contribution < -0.4 is 10.0 Å². The van der Waals surface area contributed by atoms with Crippen molar-refractivity contribution in [2.45, 2.75) is 0 Å². The number of carbonyl (C=O) groups excluding carboxylic acids is 1. The molecule has 0 unspecified atom stereocenters. The zero-order valence-corrected chi connectivity index (χ0v) is 13.7. The maximum absolute atomic E-state index is 11.7. The summed E-state index contributed by atoms with van der Waals surface area (Å²) in [5.41, 5.74) is 0.816. The van der Waals surface area contributed by atoms with Gasteiger partial charge in [-0.1, -0.05) is 35.1 Å². The Hall–Kier alpha value is -1.97. The van der Waals surface area contributed by atoms with Gasteiger partial charge in [0.05, 0.1) is 6.26 Å². The van der Waals surface area contributed by atoms with Gasteiger partial charge in [-0.3, -0.25) is 14.8 Å². The molecule has 10 heteroatoms. The van der Waals surface area contributed by atoms with Gasteiger partial charge < -0.3 is 0 Å². The van der Waals surface area contributed by atoms with Crippen molar-refractivity contribution in [1.29, 1.82) is 0 Å². The molecule has 1 aromatic carbocycles. The maximum Gasteiger partial charge on any atom is 0.250 e. The molecule has 0 aliphatic heterocycles. The van der Waals surface area contributed by atoms with E-state index < -0.39 is 15.9 Å². The van der Waals surface area contributed by atoms with Gasteiger partial charge in [-0.2, -0.15) is 0 Å². The van der Waals surface area contributed by atoms with Gasteiger partial charge in [-0.15, -0.1) is 10.2 Å². The van der Waals surface area contributed by atoms with Crippen LogP contribution in [0.4, 0.5) is 10.3 Å². The van der Waals surface area contributed by atoms with E-state index in [0.717, 1.165) is 23.2 Å². The summed E-state index contributed by atoms with van der Waals surface area (Å²) in [4.78, 5) is 11.7. The van der Waals surface area contributed by atoms with E-state index >= 15 is 0 Å². The number of nitrogens with one attached hydrogen (secondary N) is 2. The number of carbonyl (C=O) groups is 1. The predicted molar refractivity (Wildman–Crippen MR) is 87.5 cm³/mol. The first-order chi connectivity index (χ1) is 10.3. The van der Waals surface area contributed by atoms with Crippen molar-refractivity contribution in [3.8, 4) is 0 Å². The molecule has 0 radical (unpaired) electrons. The van der Waals surface area contributed by atoms with Crippen LogP contribution >= 0.6 is 22.9 Å². The van der Waals surface area contributed by atoms with E-state index in [9.17, 15) is 13.2 Å². The van der Waals surface area contributed by atoms with Crippen molar-refractivity contribution in [2.75, 3.05) is 16.3 Å². The third-order valence-electron chi connectivity index (χ3n) is 2.23. The van der Waals surface area contributed by atoms with Gasteiger partial charge in [0.15, 0.2) is 0 Å². The maximum atomic E-state index is 11.7. The number of nitrogens with zero attached hydrogens (tertiary/aromatic N) is 2. The first-order valence-corrected chi connectivity index (χ1v) is 8.96. The van der Waals surface area contributed by atoms with Crippen LogP contribution in [0, 0.1) is 0 Å². The number of anilines is 2. The molecule has 2 rings (SSSR count). The molecule has 0 spiro atoms. The van der Waals surface area contributed by atoms with Crippen LogP contribution in [0.25, 0.3) is 6.08 Å². The molecular weight excluding hydrogens is 348 g/mol. The molecule has 0 aliphatic rings. The van der Waals surface area contributed by atoms with E-state index in [4.69, 9.17) is 11.6 Å². The minimum absolute atomic E-state index is 0.0829. The van der Waals surface area contributed by atoms with Gasteiger partial charge in [0, 0.05) is 11.1 Å². The zero-order valence-electron chi connectivity index (χ0n) is 11.3.